The molecular weight excluding hydrogens is 282 g/mol. The smallest absolute Gasteiger partial charge is 0.150 e. The Bertz CT molecular complexity index is 760. The van der Waals surface area contributed by atoms with Gasteiger partial charge in [-0.15, -0.1) is 11.6 Å². The van der Waals surface area contributed by atoms with E-state index < -0.39 is 17.0 Å². The van der Waals surface area contributed by atoms with Crippen molar-refractivity contribution < 1.29 is 8.78 Å². The summed E-state index contributed by atoms with van der Waals surface area (Å²) < 4.78 is 29.5. The van der Waals surface area contributed by atoms with Crippen LogP contribution in [0.2, 0.25) is 0 Å². The molecule has 2 nitrogen and oxygen atoms in total. The van der Waals surface area contributed by atoms with Crippen molar-refractivity contribution in [3.8, 4) is 5.69 Å². The lowest BCUT2D eigenvalue weighted by molar-refractivity contribution is 0.567. The maximum absolute atomic E-state index is 14.1. The molecule has 0 spiro atoms. The minimum atomic E-state index is -0.647. The van der Waals surface area contributed by atoms with Crippen LogP contribution in [0.25, 0.3) is 16.7 Å². The lowest BCUT2D eigenvalue weighted by atomic mass is 10.2. The average Bonchev–Trinajstić information content (AvgIpc) is 2.78. The number of alkyl halides is 1. The summed E-state index contributed by atoms with van der Waals surface area (Å²) in [6, 6.07) is 10.9. The summed E-state index contributed by atoms with van der Waals surface area (Å²) in [5, 5.41) is -0.471. The summed E-state index contributed by atoms with van der Waals surface area (Å²) in [7, 11) is 0. The summed E-state index contributed by atoms with van der Waals surface area (Å²) >= 11 is 6.11. The molecule has 0 saturated carbocycles. The van der Waals surface area contributed by atoms with Crippen LogP contribution in [0.4, 0.5) is 8.78 Å². The van der Waals surface area contributed by atoms with Crippen molar-refractivity contribution in [2.45, 2.75) is 12.3 Å². The van der Waals surface area contributed by atoms with Crippen molar-refractivity contribution in [1.29, 1.82) is 0 Å². The van der Waals surface area contributed by atoms with E-state index in [2.05, 4.69) is 4.98 Å². The zero-order valence-electron chi connectivity index (χ0n) is 10.6. The molecule has 0 bridgehead atoms. The van der Waals surface area contributed by atoms with E-state index in [0.717, 1.165) is 0 Å². The summed E-state index contributed by atoms with van der Waals surface area (Å²) in [5.74, 6) is -0.879. The number of imidazole rings is 1. The minimum Gasteiger partial charge on any atom is -0.290 e. The molecule has 0 aliphatic carbocycles. The summed E-state index contributed by atoms with van der Waals surface area (Å²) in [6.07, 6.45) is 0. The maximum Gasteiger partial charge on any atom is 0.150 e. The van der Waals surface area contributed by atoms with Crippen LogP contribution in [-0.4, -0.2) is 9.55 Å². The second kappa shape index (κ2) is 4.87. The van der Waals surface area contributed by atoms with Gasteiger partial charge in [-0.2, -0.15) is 0 Å². The van der Waals surface area contributed by atoms with Gasteiger partial charge in [0.1, 0.15) is 23.1 Å². The molecule has 0 N–H and O–H groups in total. The van der Waals surface area contributed by atoms with Gasteiger partial charge < -0.3 is 0 Å². The first-order valence-electron chi connectivity index (χ1n) is 6.15. The molecule has 3 aromatic rings. The van der Waals surface area contributed by atoms with E-state index in [0.29, 0.717) is 16.9 Å². The van der Waals surface area contributed by atoms with Gasteiger partial charge >= 0.3 is 0 Å². The molecule has 0 radical (unpaired) electrons. The fourth-order valence-electron chi connectivity index (χ4n) is 2.25. The van der Waals surface area contributed by atoms with Crippen LogP contribution in [0.15, 0.2) is 42.5 Å². The predicted molar refractivity (Wildman–Crippen MR) is 75.3 cm³/mol. The molecular formula is C15H11ClF2N2. The number of rotatable bonds is 2. The molecule has 0 aliphatic heterocycles. The Kier molecular flexibility index (Phi) is 3.18. The van der Waals surface area contributed by atoms with Crippen LogP contribution >= 0.6 is 11.6 Å². The summed E-state index contributed by atoms with van der Waals surface area (Å²) in [6.45, 7) is 1.72. The van der Waals surface area contributed by atoms with E-state index in [4.69, 9.17) is 11.6 Å². The Morgan fingerprint density at radius 2 is 1.70 bits per heavy atom. The van der Waals surface area contributed by atoms with E-state index in [-0.39, 0.29) is 5.69 Å². The van der Waals surface area contributed by atoms with Gasteiger partial charge in [-0.05, 0) is 31.2 Å². The van der Waals surface area contributed by atoms with E-state index in [9.17, 15) is 8.78 Å². The van der Waals surface area contributed by atoms with Crippen LogP contribution in [0.1, 0.15) is 18.1 Å². The standard InChI is InChI=1S/C15H11ClF2N2/c1-9(16)15-19-12-7-2-3-8-13(12)20(15)14-10(17)5-4-6-11(14)18/h2-9H,1H3. The number of hydrogen-bond donors (Lipinski definition) is 0. The first-order chi connectivity index (χ1) is 9.59. The topological polar surface area (TPSA) is 17.8 Å². The highest BCUT2D eigenvalue weighted by Gasteiger charge is 2.20. The average molecular weight is 293 g/mol. The molecule has 1 heterocycles. The van der Waals surface area contributed by atoms with Gasteiger partial charge in [0.2, 0.25) is 0 Å². The fraction of sp³-hybridized carbons (Fsp3) is 0.133. The predicted octanol–water partition coefficient (Wildman–Crippen LogP) is 4.60. The molecule has 20 heavy (non-hydrogen) atoms. The monoisotopic (exact) mass is 292 g/mol. The van der Waals surface area contributed by atoms with Crippen LogP contribution in [0, 0.1) is 11.6 Å². The van der Waals surface area contributed by atoms with Crippen LogP contribution in [-0.2, 0) is 0 Å². The van der Waals surface area contributed by atoms with Gasteiger partial charge in [0.15, 0.2) is 0 Å². The molecule has 1 unspecified atom stereocenters. The van der Waals surface area contributed by atoms with E-state index >= 15 is 0 Å². The third-order valence-electron chi connectivity index (χ3n) is 3.10. The van der Waals surface area contributed by atoms with Crippen molar-refractivity contribution in [3.63, 3.8) is 0 Å². The third kappa shape index (κ3) is 1.96. The molecule has 1 atom stereocenters. The van der Waals surface area contributed by atoms with Crippen molar-refractivity contribution in [2.24, 2.45) is 0 Å². The van der Waals surface area contributed by atoms with Gasteiger partial charge in [-0.3, -0.25) is 4.57 Å². The quantitative estimate of drug-likeness (QED) is 0.631. The highest BCUT2D eigenvalue weighted by atomic mass is 35.5. The molecule has 2 aromatic carbocycles. The van der Waals surface area contributed by atoms with Crippen LogP contribution < -0.4 is 0 Å². The van der Waals surface area contributed by atoms with E-state index in [1.54, 1.807) is 25.1 Å². The Morgan fingerprint density at radius 3 is 2.35 bits per heavy atom. The summed E-state index contributed by atoms with van der Waals surface area (Å²) in [4.78, 5) is 4.37. The zero-order chi connectivity index (χ0) is 14.3. The number of aromatic nitrogens is 2. The Morgan fingerprint density at radius 1 is 1.05 bits per heavy atom. The molecule has 0 saturated heterocycles. The molecule has 1 aromatic heterocycles. The first-order valence-corrected chi connectivity index (χ1v) is 6.59. The zero-order valence-corrected chi connectivity index (χ0v) is 11.4. The molecule has 0 fully saturated rings. The normalized spacial score (nSPS) is 12.8. The second-order valence-electron chi connectivity index (χ2n) is 4.48. The number of para-hydroxylation sites is 3. The van der Waals surface area contributed by atoms with Gasteiger partial charge in [0.25, 0.3) is 0 Å². The van der Waals surface area contributed by atoms with Crippen molar-refractivity contribution in [1.82, 2.24) is 9.55 Å². The summed E-state index contributed by atoms with van der Waals surface area (Å²) in [5.41, 5.74) is 1.13. The molecule has 0 amide bonds. The Balaban J connectivity index is 2.43. The molecule has 5 heteroatoms. The lowest BCUT2D eigenvalue weighted by Gasteiger charge is -2.12. The molecule has 0 aliphatic rings. The Hall–Kier alpha value is -1.94. The number of fused-ring (bicyclic) bond motifs is 1. The highest BCUT2D eigenvalue weighted by Crippen LogP contribution is 2.30. The van der Waals surface area contributed by atoms with E-state index in [1.807, 2.05) is 6.07 Å². The first kappa shape index (κ1) is 13.1. The number of nitrogens with zero attached hydrogens (tertiary/aromatic N) is 2. The highest BCUT2D eigenvalue weighted by molar-refractivity contribution is 6.20. The third-order valence-corrected chi connectivity index (χ3v) is 3.30. The van der Waals surface area contributed by atoms with Crippen LogP contribution in [0.5, 0.6) is 0 Å². The SMILES string of the molecule is CC(Cl)c1nc2ccccc2n1-c1c(F)cccc1F. The number of hydrogen-bond acceptors (Lipinski definition) is 1. The van der Waals surface area contributed by atoms with Gasteiger partial charge in [-0.1, -0.05) is 18.2 Å². The Labute approximate surface area is 119 Å². The van der Waals surface area contributed by atoms with Crippen molar-refractivity contribution >= 4 is 22.6 Å². The van der Waals surface area contributed by atoms with Gasteiger partial charge in [0, 0.05) is 0 Å². The largest absolute Gasteiger partial charge is 0.290 e. The van der Waals surface area contributed by atoms with E-state index in [1.165, 1.54) is 22.8 Å². The second-order valence-corrected chi connectivity index (χ2v) is 5.14. The number of halogens is 3. The fourth-order valence-corrected chi connectivity index (χ4v) is 2.40. The lowest BCUT2D eigenvalue weighted by Crippen LogP contribution is -2.06. The van der Waals surface area contributed by atoms with Crippen molar-refractivity contribution in [2.75, 3.05) is 0 Å². The maximum atomic E-state index is 14.1. The van der Waals surface area contributed by atoms with Gasteiger partial charge in [-0.25, -0.2) is 13.8 Å². The molecule has 3 rings (SSSR count). The van der Waals surface area contributed by atoms with Crippen LogP contribution in [0.3, 0.4) is 0 Å². The molecule has 102 valence electrons. The van der Waals surface area contributed by atoms with Gasteiger partial charge in [0.05, 0.1) is 16.4 Å². The minimum absolute atomic E-state index is 0.149. The number of benzene rings is 2. The van der Waals surface area contributed by atoms with Crippen molar-refractivity contribution in [3.05, 3.63) is 59.9 Å².